The maximum atomic E-state index is 9.63. The van der Waals surface area contributed by atoms with Gasteiger partial charge in [0.1, 0.15) is 11.5 Å². The first-order chi connectivity index (χ1) is 6.69. The fourth-order valence-corrected chi connectivity index (χ4v) is 1.27. The highest BCUT2D eigenvalue weighted by atomic mass is 16.5. The third kappa shape index (κ3) is 2.26. The van der Waals surface area contributed by atoms with E-state index in [-0.39, 0.29) is 11.8 Å². The summed E-state index contributed by atoms with van der Waals surface area (Å²) >= 11 is 0. The van der Waals surface area contributed by atoms with Crippen molar-refractivity contribution in [3.8, 4) is 11.5 Å². The van der Waals surface area contributed by atoms with Gasteiger partial charge in [-0.3, -0.25) is 0 Å². The van der Waals surface area contributed by atoms with E-state index in [4.69, 9.17) is 10.5 Å². The molecule has 0 bridgehead atoms. The van der Waals surface area contributed by atoms with E-state index < -0.39 is 0 Å². The summed E-state index contributed by atoms with van der Waals surface area (Å²) in [6.07, 6.45) is 2.37. The molecule has 0 saturated carbocycles. The molecule has 0 radical (unpaired) electrons. The highest BCUT2D eigenvalue weighted by Crippen LogP contribution is 2.28. The number of phenolic OH excluding ortho intramolecular Hbond substituents is 1. The molecule has 0 spiro atoms. The smallest absolute Gasteiger partial charge is 0.124 e. The van der Waals surface area contributed by atoms with Crippen molar-refractivity contribution >= 4 is 0 Å². The van der Waals surface area contributed by atoms with Crippen LogP contribution in [-0.4, -0.2) is 12.2 Å². The van der Waals surface area contributed by atoms with Crippen molar-refractivity contribution in [2.45, 2.75) is 12.5 Å². The van der Waals surface area contributed by atoms with E-state index in [1.807, 2.05) is 0 Å². The van der Waals surface area contributed by atoms with Crippen LogP contribution in [0.4, 0.5) is 0 Å². The van der Waals surface area contributed by atoms with Crippen molar-refractivity contribution < 1.29 is 9.84 Å². The lowest BCUT2D eigenvalue weighted by atomic mass is 10.0. The number of nitrogens with two attached hydrogens (primary N) is 1. The van der Waals surface area contributed by atoms with Gasteiger partial charge in [0, 0.05) is 17.7 Å². The van der Waals surface area contributed by atoms with E-state index >= 15 is 0 Å². The topological polar surface area (TPSA) is 55.5 Å². The first-order valence-corrected chi connectivity index (χ1v) is 4.42. The quantitative estimate of drug-likeness (QED) is 0.719. The monoisotopic (exact) mass is 193 g/mol. The molecule has 3 heteroatoms. The van der Waals surface area contributed by atoms with E-state index in [9.17, 15) is 5.11 Å². The second-order valence-electron chi connectivity index (χ2n) is 3.06. The average molecular weight is 193 g/mol. The molecular weight excluding hydrogens is 178 g/mol. The van der Waals surface area contributed by atoms with Gasteiger partial charge in [-0.05, 0) is 12.5 Å². The Balaban J connectivity index is 2.93. The molecule has 0 amide bonds. The number of rotatable bonds is 4. The van der Waals surface area contributed by atoms with Gasteiger partial charge in [-0.1, -0.05) is 12.1 Å². The summed E-state index contributed by atoms with van der Waals surface area (Å²) in [4.78, 5) is 0. The van der Waals surface area contributed by atoms with Gasteiger partial charge >= 0.3 is 0 Å². The van der Waals surface area contributed by atoms with Crippen molar-refractivity contribution in [2.75, 3.05) is 7.11 Å². The van der Waals surface area contributed by atoms with Gasteiger partial charge in [0.05, 0.1) is 7.11 Å². The number of methoxy groups -OCH3 is 1. The second kappa shape index (κ2) is 4.67. The Morgan fingerprint density at radius 3 is 2.86 bits per heavy atom. The molecule has 3 nitrogen and oxygen atoms in total. The van der Waals surface area contributed by atoms with Crippen LogP contribution in [0.25, 0.3) is 0 Å². The summed E-state index contributed by atoms with van der Waals surface area (Å²) in [5, 5.41) is 9.63. The van der Waals surface area contributed by atoms with Crippen LogP contribution in [0.15, 0.2) is 30.9 Å². The Hall–Kier alpha value is -1.48. The lowest BCUT2D eigenvalue weighted by Crippen LogP contribution is -2.09. The summed E-state index contributed by atoms with van der Waals surface area (Å²) < 4.78 is 4.97. The van der Waals surface area contributed by atoms with Crippen molar-refractivity contribution in [2.24, 2.45) is 5.73 Å². The number of phenols is 1. The number of benzene rings is 1. The summed E-state index contributed by atoms with van der Waals surface area (Å²) in [6, 6.07) is 4.89. The predicted octanol–water partition coefficient (Wildman–Crippen LogP) is 1.98. The zero-order chi connectivity index (χ0) is 10.6. The van der Waals surface area contributed by atoms with Gasteiger partial charge in [-0.25, -0.2) is 0 Å². The SMILES string of the molecule is C=CC[C@@H](N)c1ccc(OC)cc1O. The van der Waals surface area contributed by atoms with Crippen LogP contribution in [0, 0.1) is 0 Å². The van der Waals surface area contributed by atoms with Crippen molar-refractivity contribution in [1.82, 2.24) is 0 Å². The van der Waals surface area contributed by atoms with Crippen LogP contribution >= 0.6 is 0 Å². The van der Waals surface area contributed by atoms with Crippen LogP contribution in [0.1, 0.15) is 18.0 Å². The lowest BCUT2D eigenvalue weighted by Gasteiger charge is -2.12. The second-order valence-corrected chi connectivity index (χ2v) is 3.06. The van der Waals surface area contributed by atoms with Crippen LogP contribution in [0.3, 0.4) is 0 Å². The van der Waals surface area contributed by atoms with E-state index in [0.717, 1.165) is 0 Å². The number of aromatic hydroxyl groups is 1. The number of hydrogen-bond acceptors (Lipinski definition) is 3. The van der Waals surface area contributed by atoms with Crippen LogP contribution in [-0.2, 0) is 0 Å². The highest BCUT2D eigenvalue weighted by molar-refractivity contribution is 5.41. The molecule has 1 aromatic carbocycles. The largest absolute Gasteiger partial charge is 0.507 e. The van der Waals surface area contributed by atoms with Gasteiger partial charge in [-0.2, -0.15) is 0 Å². The van der Waals surface area contributed by atoms with Gasteiger partial charge in [0.2, 0.25) is 0 Å². The van der Waals surface area contributed by atoms with Crippen molar-refractivity contribution in [3.63, 3.8) is 0 Å². The molecule has 1 rings (SSSR count). The van der Waals surface area contributed by atoms with E-state index in [2.05, 4.69) is 6.58 Å². The van der Waals surface area contributed by atoms with E-state index in [1.165, 1.54) is 0 Å². The molecule has 0 aliphatic rings. The number of ether oxygens (including phenoxy) is 1. The zero-order valence-electron chi connectivity index (χ0n) is 8.23. The number of hydrogen-bond donors (Lipinski definition) is 2. The summed E-state index contributed by atoms with van der Waals surface area (Å²) in [7, 11) is 1.55. The van der Waals surface area contributed by atoms with E-state index in [0.29, 0.717) is 17.7 Å². The molecule has 0 aromatic heterocycles. The third-order valence-electron chi connectivity index (χ3n) is 2.06. The normalized spacial score (nSPS) is 12.1. The van der Waals surface area contributed by atoms with Crippen molar-refractivity contribution in [1.29, 1.82) is 0 Å². The summed E-state index contributed by atoms with van der Waals surface area (Å²) in [5.41, 5.74) is 6.54. The Bertz CT molecular complexity index is 323. The van der Waals surface area contributed by atoms with Gasteiger partial charge in [-0.15, -0.1) is 6.58 Å². The minimum Gasteiger partial charge on any atom is -0.507 e. The molecule has 3 N–H and O–H groups in total. The molecular formula is C11H15NO2. The van der Waals surface area contributed by atoms with Crippen LogP contribution in [0.2, 0.25) is 0 Å². The fourth-order valence-electron chi connectivity index (χ4n) is 1.27. The molecule has 0 fully saturated rings. The maximum Gasteiger partial charge on any atom is 0.124 e. The first-order valence-electron chi connectivity index (χ1n) is 4.42. The standard InChI is InChI=1S/C11H15NO2/c1-3-4-10(12)9-6-5-8(14-2)7-11(9)13/h3,5-7,10,13H,1,4,12H2,2H3/t10-/m1/s1. The minimum atomic E-state index is -0.210. The Labute approximate surface area is 83.8 Å². The molecule has 76 valence electrons. The van der Waals surface area contributed by atoms with E-state index in [1.54, 1.807) is 31.4 Å². The zero-order valence-corrected chi connectivity index (χ0v) is 8.23. The summed E-state index contributed by atoms with van der Waals surface area (Å²) in [6.45, 7) is 3.60. The van der Waals surface area contributed by atoms with Crippen molar-refractivity contribution in [3.05, 3.63) is 36.4 Å². The molecule has 14 heavy (non-hydrogen) atoms. The minimum absolute atomic E-state index is 0.165. The highest BCUT2D eigenvalue weighted by Gasteiger charge is 2.09. The average Bonchev–Trinajstić information content (AvgIpc) is 2.17. The molecule has 0 aliphatic heterocycles. The van der Waals surface area contributed by atoms with Gasteiger partial charge in [0.15, 0.2) is 0 Å². The molecule has 1 aromatic rings. The molecule has 0 aliphatic carbocycles. The molecule has 0 heterocycles. The molecule has 1 atom stereocenters. The Kier molecular flexibility index (Phi) is 3.54. The predicted molar refractivity (Wildman–Crippen MR) is 56.4 cm³/mol. The molecule has 0 saturated heterocycles. The summed E-state index contributed by atoms with van der Waals surface area (Å²) in [5.74, 6) is 0.788. The first kappa shape index (κ1) is 10.6. The van der Waals surface area contributed by atoms with Gasteiger partial charge in [0.25, 0.3) is 0 Å². The lowest BCUT2D eigenvalue weighted by molar-refractivity contribution is 0.405. The maximum absolute atomic E-state index is 9.63. The fraction of sp³-hybridized carbons (Fsp3) is 0.273. The van der Waals surface area contributed by atoms with Crippen LogP contribution < -0.4 is 10.5 Å². The third-order valence-corrected chi connectivity index (χ3v) is 2.06. The van der Waals surface area contributed by atoms with Crippen LogP contribution in [0.5, 0.6) is 11.5 Å². The van der Waals surface area contributed by atoms with Gasteiger partial charge < -0.3 is 15.6 Å². The Morgan fingerprint density at radius 1 is 1.64 bits per heavy atom. The Morgan fingerprint density at radius 2 is 2.36 bits per heavy atom. The molecule has 0 unspecified atom stereocenters.